The largest absolute Gasteiger partial charge is 0.465 e. The number of carbonyl (C=O) groups excluding carboxylic acids is 1. The average molecular weight is 260 g/mol. The van der Waals surface area contributed by atoms with E-state index in [-0.39, 0.29) is 14.4 Å². The summed E-state index contributed by atoms with van der Waals surface area (Å²) in [5.74, 6) is -0.280. The van der Waals surface area contributed by atoms with Crippen LogP contribution in [0, 0.1) is 0 Å². The van der Waals surface area contributed by atoms with E-state index >= 15 is 0 Å². The van der Waals surface area contributed by atoms with Crippen molar-refractivity contribution in [1.82, 2.24) is 0 Å². The molecule has 0 N–H and O–H groups in total. The van der Waals surface area contributed by atoms with E-state index in [9.17, 15) is 9.36 Å². The maximum absolute atomic E-state index is 12.0. The monoisotopic (exact) mass is 260 g/mol. The zero-order valence-corrected chi connectivity index (χ0v) is 12.2. The fraction of sp³-hybridized carbons (Fsp3) is 0.923. The quantitative estimate of drug-likeness (QED) is 0.433. The van der Waals surface area contributed by atoms with E-state index in [1.165, 1.54) is 0 Å². The highest BCUT2D eigenvalue weighted by molar-refractivity contribution is 7.27. The van der Waals surface area contributed by atoms with Gasteiger partial charge >= 0.3 is 5.97 Å². The van der Waals surface area contributed by atoms with Gasteiger partial charge in [-0.05, 0) is 19.3 Å². The Bertz CT molecular complexity index is 221. The lowest BCUT2D eigenvalue weighted by Crippen LogP contribution is -2.35. The molecule has 4 heteroatoms. The first-order chi connectivity index (χ1) is 8.16. The first-order valence-corrected chi connectivity index (χ1v) is 7.49. The van der Waals surface area contributed by atoms with Crippen LogP contribution in [0.2, 0.25) is 0 Å². The van der Waals surface area contributed by atoms with E-state index in [1.54, 1.807) is 0 Å². The molecule has 0 aliphatic heterocycles. The maximum atomic E-state index is 12.0. The Hall–Kier alpha value is -0.430. The number of unbranched alkanes of at least 4 members (excludes halogenated alkanes) is 2. The van der Waals surface area contributed by atoms with Crippen LogP contribution in [-0.2, 0) is 14.1 Å². The SMILES string of the molecule is CCCCC(CCCC)(P=O)C(=O)OCCC. The molecule has 0 rings (SSSR count). The van der Waals surface area contributed by atoms with Crippen molar-refractivity contribution in [3.05, 3.63) is 0 Å². The topological polar surface area (TPSA) is 43.4 Å². The Morgan fingerprint density at radius 2 is 1.59 bits per heavy atom. The van der Waals surface area contributed by atoms with Gasteiger partial charge in [-0.1, -0.05) is 46.5 Å². The van der Waals surface area contributed by atoms with Crippen molar-refractivity contribution >= 4 is 14.4 Å². The van der Waals surface area contributed by atoms with Crippen molar-refractivity contribution < 1.29 is 14.1 Å². The molecule has 3 nitrogen and oxygen atoms in total. The fourth-order valence-corrected chi connectivity index (χ4v) is 2.36. The zero-order chi connectivity index (χ0) is 13.1. The third-order valence-corrected chi connectivity index (χ3v) is 3.86. The molecular formula is C13H25O3P. The second-order valence-corrected chi connectivity index (χ2v) is 5.50. The number of hydrogen-bond donors (Lipinski definition) is 0. The van der Waals surface area contributed by atoms with E-state index < -0.39 is 5.16 Å². The summed E-state index contributed by atoms with van der Waals surface area (Å²) in [6, 6.07) is 0. The Kier molecular flexibility index (Phi) is 9.34. The molecular weight excluding hydrogens is 235 g/mol. The van der Waals surface area contributed by atoms with Crippen LogP contribution < -0.4 is 0 Å². The number of carbonyl (C=O) groups is 1. The summed E-state index contributed by atoms with van der Waals surface area (Å²) >= 11 is 0. The molecule has 0 unspecified atom stereocenters. The second-order valence-electron chi connectivity index (χ2n) is 4.47. The van der Waals surface area contributed by atoms with Crippen LogP contribution in [0.1, 0.15) is 65.7 Å². The summed E-state index contributed by atoms with van der Waals surface area (Å²) in [6.07, 6.45) is 5.97. The highest BCUT2D eigenvalue weighted by Crippen LogP contribution is 2.36. The van der Waals surface area contributed by atoms with Gasteiger partial charge in [0, 0.05) is 0 Å². The third-order valence-electron chi connectivity index (χ3n) is 2.88. The van der Waals surface area contributed by atoms with Crippen LogP contribution in [0.5, 0.6) is 0 Å². The van der Waals surface area contributed by atoms with Gasteiger partial charge in [0.1, 0.15) is 5.16 Å². The van der Waals surface area contributed by atoms with Crippen molar-refractivity contribution in [3.63, 3.8) is 0 Å². The highest BCUT2D eigenvalue weighted by atomic mass is 31.1. The number of rotatable bonds is 10. The Labute approximate surface area is 107 Å². The molecule has 0 amide bonds. The van der Waals surface area contributed by atoms with E-state index in [1.807, 2.05) is 6.92 Å². The molecule has 17 heavy (non-hydrogen) atoms. The van der Waals surface area contributed by atoms with Gasteiger partial charge in [-0.25, -0.2) is 0 Å². The lowest BCUT2D eigenvalue weighted by Gasteiger charge is -2.24. The van der Waals surface area contributed by atoms with Crippen molar-refractivity contribution in [2.75, 3.05) is 6.61 Å². The summed E-state index contributed by atoms with van der Waals surface area (Å²) in [7, 11) is -0.0814. The predicted molar refractivity (Wildman–Crippen MR) is 70.6 cm³/mol. The number of hydrogen-bond acceptors (Lipinski definition) is 3. The second kappa shape index (κ2) is 9.58. The molecule has 0 aromatic carbocycles. The molecule has 0 saturated heterocycles. The first kappa shape index (κ1) is 16.6. The molecule has 0 bridgehead atoms. The highest BCUT2D eigenvalue weighted by Gasteiger charge is 2.39. The summed E-state index contributed by atoms with van der Waals surface area (Å²) < 4.78 is 16.6. The maximum Gasteiger partial charge on any atom is 0.323 e. The van der Waals surface area contributed by atoms with Gasteiger partial charge in [-0.2, -0.15) is 0 Å². The van der Waals surface area contributed by atoms with Crippen molar-refractivity contribution in [2.24, 2.45) is 0 Å². The minimum atomic E-state index is -0.790. The van der Waals surface area contributed by atoms with Crippen LogP contribution in [0.15, 0.2) is 0 Å². The predicted octanol–water partition coefficient (Wildman–Crippen LogP) is 4.35. The minimum Gasteiger partial charge on any atom is -0.465 e. The van der Waals surface area contributed by atoms with Crippen molar-refractivity contribution in [3.8, 4) is 0 Å². The van der Waals surface area contributed by atoms with Gasteiger partial charge in [0.25, 0.3) is 0 Å². The Morgan fingerprint density at radius 3 is 1.94 bits per heavy atom. The number of esters is 1. The van der Waals surface area contributed by atoms with Gasteiger partial charge in [-0.3, -0.25) is 9.36 Å². The van der Waals surface area contributed by atoms with Crippen LogP contribution in [0.3, 0.4) is 0 Å². The molecule has 0 aliphatic rings. The van der Waals surface area contributed by atoms with Gasteiger partial charge in [0.05, 0.1) is 6.61 Å². The van der Waals surface area contributed by atoms with E-state index in [0.717, 1.165) is 32.1 Å². The first-order valence-electron chi connectivity index (χ1n) is 6.68. The Balaban J connectivity index is 4.63. The van der Waals surface area contributed by atoms with Crippen LogP contribution in [0.4, 0.5) is 0 Å². The smallest absolute Gasteiger partial charge is 0.323 e. The van der Waals surface area contributed by atoms with Gasteiger partial charge < -0.3 is 4.74 Å². The Morgan fingerprint density at radius 1 is 1.06 bits per heavy atom. The number of ether oxygens (including phenoxy) is 1. The molecule has 0 fully saturated rings. The van der Waals surface area contributed by atoms with Gasteiger partial charge in [-0.15, -0.1) is 0 Å². The summed E-state index contributed by atoms with van der Waals surface area (Å²) in [5.41, 5.74) is 0. The zero-order valence-electron chi connectivity index (χ0n) is 11.3. The van der Waals surface area contributed by atoms with Crippen LogP contribution in [0.25, 0.3) is 0 Å². The third kappa shape index (κ3) is 5.63. The molecule has 100 valence electrons. The lowest BCUT2D eigenvalue weighted by atomic mass is 9.95. The standard InChI is InChI=1S/C13H25O3P/c1-4-7-9-13(17-15,10-8-5-2)12(14)16-11-6-3/h4-11H2,1-3H3. The van der Waals surface area contributed by atoms with Crippen LogP contribution >= 0.6 is 8.46 Å². The average Bonchev–Trinajstić information content (AvgIpc) is 2.37. The van der Waals surface area contributed by atoms with E-state index in [2.05, 4.69) is 13.8 Å². The molecule has 0 aromatic rings. The van der Waals surface area contributed by atoms with Gasteiger partial charge in [0.15, 0.2) is 8.46 Å². The molecule has 0 aliphatic carbocycles. The van der Waals surface area contributed by atoms with E-state index in [0.29, 0.717) is 19.4 Å². The summed E-state index contributed by atoms with van der Waals surface area (Å²) in [6.45, 7) is 6.53. The molecule has 0 atom stereocenters. The van der Waals surface area contributed by atoms with Gasteiger partial charge in [0.2, 0.25) is 0 Å². The van der Waals surface area contributed by atoms with Crippen LogP contribution in [-0.4, -0.2) is 17.7 Å². The molecule has 0 spiro atoms. The van der Waals surface area contributed by atoms with E-state index in [4.69, 9.17) is 4.74 Å². The summed E-state index contributed by atoms with van der Waals surface area (Å²) in [4.78, 5) is 12.0. The lowest BCUT2D eigenvalue weighted by molar-refractivity contribution is -0.147. The minimum absolute atomic E-state index is 0.0814. The van der Waals surface area contributed by atoms with Crippen molar-refractivity contribution in [2.45, 2.75) is 70.9 Å². The molecule has 0 saturated carbocycles. The summed E-state index contributed by atoms with van der Waals surface area (Å²) in [5, 5.41) is -0.790. The normalized spacial score (nSPS) is 11.7. The van der Waals surface area contributed by atoms with Crippen molar-refractivity contribution in [1.29, 1.82) is 0 Å². The molecule has 0 aromatic heterocycles. The fourth-order valence-electron chi connectivity index (χ4n) is 1.73. The molecule has 0 radical (unpaired) electrons. The molecule has 0 heterocycles.